The molecule has 0 saturated carbocycles. The molecular weight excluding hydrogens is 223 g/mol. The van der Waals surface area contributed by atoms with Crippen LogP contribution < -0.4 is 0 Å². The van der Waals surface area contributed by atoms with E-state index in [2.05, 4.69) is 14.0 Å². The molecule has 0 rings (SSSR count). The fourth-order valence-electron chi connectivity index (χ4n) is 0.711. The first-order valence-electron chi connectivity index (χ1n) is 4.16. The van der Waals surface area contributed by atoms with E-state index in [0.29, 0.717) is 0 Å². The van der Waals surface area contributed by atoms with Gasteiger partial charge >= 0.3 is 17.9 Å². The molecule has 0 fully saturated rings. The van der Waals surface area contributed by atoms with Crippen molar-refractivity contribution in [1.82, 2.24) is 0 Å². The van der Waals surface area contributed by atoms with E-state index in [9.17, 15) is 14.4 Å². The lowest BCUT2D eigenvalue weighted by Gasteiger charge is -2.14. The topological polar surface area (TPSA) is 78.9 Å². The second-order valence-electron chi connectivity index (χ2n) is 2.77. The standard InChI is InChI=1S/C8H13O6P/c1-4(12-6(3)9)7(10)13-5(2)8(11)14-15/h4-5H,15H2,1-3H3/t4-,5-/m0/s1. The molecule has 0 radical (unpaired) electrons. The highest BCUT2D eigenvalue weighted by atomic mass is 31.0. The summed E-state index contributed by atoms with van der Waals surface area (Å²) >= 11 is 0. The van der Waals surface area contributed by atoms with Gasteiger partial charge < -0.3 is 14.0 Å². The zero-order chi connectivity index (χ0) is 12.0. The predicted molar refractivity (Wildman–Crippen MR) is 52.6 cm³/mol. The van der Waals surface area contributed by atoms with Crippen molar-refractivity contribution in [2.45, 2.75) is 33.0 Å². The van der Waals surface area contributed by atoms with Gasteiger partial charge in [0.15, 0.2) is 12.2 Å². The van der Waals surface area contributed by atoms with E-state index in [4.69, 9.17) is 0 Å². The van der Waals surface area contributed by atoms with Crippen LogP contribution in [0.2, 0.25) is 0 Å². The molecule has 0 aromatic carbocycles. The summed E-state index contributed by atoms with van der Waals surface area (Å²) < 4.78 is 13.5. The number of carbonyl (C=O) groups is 3. The minimum Gasteiger partial charge on any atom is -0.451 e. The van der Waals surface area contributed by atoms with Gasteiger partial charge in [-0.2, -0.15) is 0 Å². The van der Waals surface area contributed by atoms with Crippen LogP contribution in [0, 0.1) is 0 Å². The lowest BCUT2D eigenvalue weighted by Crippen LogP contribution is -2.31. The van der Waals surface area contributed by atoms with Crippen molar-refractivity contribution in [3.05, 3.63) is 0 Å². The lowest BCUT2D eigenvalue weighted by atomic mass is 10.4. The lowest BCUT2D eigenvalue weighted by molar-refractivity contribution is -0.173. The van der Waals surface area contributed by atoms with E-state index in [1.807, 2.05) is 0 Å². The molecule has 0 aliphatic rings. The van der Waals surface area contributed by atoms with E-state index in [0.717, 1.165) is 0 Å². The second kappa shape index (κ2) is 6.35. The Morgan fingerprint density at radius 2 is 1.47 bits per heavy atom. The quantitative estimate of drug-likeness (QED) is 0.512. The zero-order valence-corrected chi connectivity index (χ0v) is 9.84. The van der Waals surface area contributed by atoms with Gasteiger partial charge in [0.05, 0.1) is 9.47 Å². The average Bonchev–Trinajstić information content (AvgIpc) is 2.15. The third-order valence-corrected chi connectivity index (χ3v) is 1.65. The highest BCUT2D eigenvalue weighted by Crippen LogP contribution is 2.03. The fourth-order valence-corrected chi connectivity index (χ4v) is 0.903. The molecule has 0 spiro atoms. The Morgan fingerprint density at radius 3 is 1.87 bits per heavy atom. The Kier molecular flexibility index (Phi) is 5.86. The van der Waals surface area contributed by atoms with Gasteiger partial charge in [0.25, 0.3) is 0 Å². The number of esters is 2. The molecule has 15 heavy (non-hydrogen) atoms. The Labute approximate surface area is 89.5 Å². The molecule has 1 unspecified atom stereocenters. The maximum atomic E-state index is 11.2. The Bertz CT molecular complexity index is 264. The number of hydrogen-bond acceptors (Lipinski definition) is 6. The largest absolute Gasteiger partial charge is 0.451 e. The van der Waals surface area contributed by atoms with Crippen molar-refractivity contribution in [3.63, 3.8) is 0 Å². The summed E-state index contributed by atoms with van der Waals surface area (Å²) in [5, 5.41) is 0. The SMILES string of the molecule is CC(=O)O[C@@H](C)C(=O)O[C@@H](C)C(=O)OP. The number of rotatable bonds is 4. The molecule has 86 valence electrons. The second-order valence-corrected chi connectivity index (χ2v) is 3.00. The molecule has 0 N–H and O–H groups in total. The van der Waals surface area contributed by atoms with Crippen molar-refractivity contribution < 1.29 is 28.4 Å². The van der Waals surface area contributed by atoms with E-state index in [-0.39, 0.29) is 0 Å². The molecule has 3 atom stereocenters. The molecule has 0 aliphatic heterocycles. The summed E-state index contributed by atoms with van der Waals surface area (Å²) in [5.41, 5.74) is 0. The van der Waals surface area contributed by atoms with Gasteiger partial charge in [0.1, 0.15) is 0 Å². The number of ether oxygens (including phenoxy) is 2. The van der Waals surface area contributed by atoms with Gasteiger partial charge in [-0.15, -0.1) is 0 Å². The van der Waals surface area contributed by atoms with Gasteiger partial charge in [0.2, 0.25) is 0 Å². The highest BCUT2D eigenvalue weighted by molar-refractivity contribution is 7.10. The molecule has 0 aromatic rings. The van der Waals surface area contributed by atoms with Crippen LogP contribution >= 0.6 is 9.47 Å². The van der Waals surface area contributed by atoms with Crippen LogP contribution in [0.1, 0.15) is 20.8 Å². The maximum Gasteiger partial charge on any atom is 0.349 e. The van der Waals surface area contributed by atoms with Crippen LogP contribution in [0.25, 0.3) is 0 Å². The summed E-state index contributed by atoms with van der Waals surface area (Å²) in [6.45, 7) is 3.87. The van der Waals surface area contributed by atoms with Gasteiger partial charge in [-0.05, 0) is 13.8 Å². The van der Waals surface area contributed by atoms with Crippen LogP contribution in [0.15, 0.2) is 0 Å². The van der Waals surface area contributed by atoms with Crippen molar-refractivity contribution in [3.8, 4) is 0 Å². The minimum absolute atomic E-state index is 0.597. The molecule has 0 heterocycles. The van der Waals surface area contributed by atoms with Crippen LogP contribution in [0.4, 0.5) is 0 Å². The summed E-state index contributed by atoms with van der Waals surface area (Å²) in [7, 11) is 1.75. The number of hydrogen-bond donors (Lipinski definition) is 0. The van der Waals surface area contributed by atoms with Gasteiger partial charge in [0, 0.05) is 6.92 Å². The van der Waals surface area contributed by atoms with Crippen LogP contribution in [0.5, 0.6) is 0 Å². The highest BCUT2D eigenvalue weighted by Gasteiger charge is 2.23. The third kappa shape index (κ3) is 5.32. The summed E-state index contributed by atoms with van der Waals surface area (Å²) in [5.74, 6) is -2.10. The Morgan fingerprint density at radius 1 is 1.00 bits per heavy atom. The van der Waals surface area contributed by atoms with E-state index in [1.165, 1.54) is 20.8 Å². The first-order valence-corrected chi connectivity index (χ1v) is 4.64. The van der Waals surface area contributed by atoms with Gasteiger partial charge in [-0.1, -0.05) is 0 Å². The summed E-state index contributed by atoms with van der Waals surface area (Å²) in [6.07, 6.45) is -2.07. The van der Waals surface area contributed by atoms with E-state index in [1.54, 1.807) is 9.47 Å². The molecule has 0 aliphatic carbocycles. The first-order chi connectivity index (χ1) is 6.88. The molecular formula is C8H13O6P. The van der Waals surface area contributed by atoms with Gasteiger partial charge in [-0.25, -0.2) is 9.59 Å². The first kappa shape index (κ1) is 13.8. The van der Waals surface area contributed by atoms with E-state index >= 15 is 0 Å². The summed E-state index contributed by atoms with van der Waals surface area (Å²) in [6, 6.07) is 0. The molecule has 0 amide bonds. The van der Waals surface area contributed by atoms with Gasteiger partial charge in [-0.3, -0.25) is 4.79 Å². The Hall–Kier alpha value is -1.16. The van der Waals surface area contributed by atoms with Crippen molar-refractivity contribution >= 4 is 27.4 Å². The summed E-state index contributed by atoms with van der Waals surface area (Å²) in [4.78, 5) is 32.6. The maximum absolute atomic E-state index is 11.2. The van der Waals surface area contributed by atoms with Crippen molar-refractivity contribution in [1.29, 1.82) is 0 Å². The van der Waals surface area contributed by atoms with Crippen LogP contribution in [-0.2, 0) is 28.4 Å². The number of carbonyl (C=O) groups excluding carboxylic acids is 3. The third-order valence-electron chi connectivity index (χ3n) is 1.42. The van der Waals surface area contributed by atoms with Crippen molar-refractivity contribution in [2.75, 3.05) is 0 Å². The van der Waals surface area contributed by atoms with E-state index < -0.39 is 30.1 Å². The molecule has 7 heteroatoms. The normalized spacial score (nSPS) is 13.6. The molecule has 0 aromatic heterocycles. The molecule has 6 nitrogen and oxygen atoms in total. The van der Waals surface area contributed by atoms with Crippen LogP contribution in [-0.4, -0.2) is 30.1 Å². The monoisotopic (exact) mass is 236 g/mol. The smallest absolute Gasteiger partial charge is 0.349 e. The van der Waals surface area contributed by atoms with Crippen LogP contribution in [0.3, 0.4) is 0 Å². The molecule has 0 saturated heterocycles. The average molecular weight is 236 g/mol. The zero-order valence-electron chi connectivity index (χ0n) is 8.68. The minimum atomic E-state index is -1.04. The predicted octanol–water partition coefficient (Wildman–Crippen LogP) is 0.203. The fraction of sp³-hybridized carbons (Fsp3) is 0.625. The Balaban J connectivity index is 4.12. The van der Waals surface area contributed by atoms with Crippen molar-refractivity contribution in [2.24, 2.45) is 0 Å². The molecule has 0 bridgehead atoms.